The van der Waals surface area contributed by atoms with E-state index in [1.54, 1.807) is 14.2 Å². The highest BCUT2D eigenvalue weighted by Crippen LogP contribution is 2.39. The molecule has 0 spiro atoms. The van der Waals surface area contributed by atoms with Gasteiger partial charge in [-0.1, -0.05) is 12.0 Å². The average molecular weight is 405 g/mol. The largest absolute Gasteiger partial charge is 0.487 e. The molecule has 30 heavy (non-hydrogen) atoms. The highest BCUT2D eigenvalue weighted by atomic mass is 16.6. The first-order valence-corrected chi connectivity index (χ1v) is 9.65. The van der Waals surface area contributed by atoms with Gasteiger partial charge in [-0.15, -0.1) is 6.42 Å². The van der Waals surface area contributed by atoms with Crippen LogP contribution in [0.3, 0.4) is 0 Å². The van der Waals surface area contributed by atoms with Crippen molar-refractivity contribution in [3.63, 3.8) is 0 Å². The van der Waals surface area contributed by atoms with Crippen molar-refractivity contribution in [3.05, 3.63) is 48.3 Å². The third-order valence-electron chi connectivity index (χ3n) is 4.80. The van der Waals surface area contributed by atoms with Crippen LogP contribution in [0.5, 0.6) is 11.5 Å². The van der Waals surface area contributed by atoms with Crippen molar-refractivity contribution in [3.8, 4) is 23.8 Å². The lowest BCUT2D eigenvalue weighted by Crippen LogP contribution is -2.09. The van der Waals surface area contributed by atoms with Gasteiger partial charge in [0.05, 0.1) is 18.2 Å². The Labute approximate surface area is 175 Å². The molecule has 1 saturated carbocycles. The third kappa shape index (κ3) is 4.46. The summed E-state index contributed by atoms with van der Waals surface area (Å²) < 4.78 is 22.5. The number of nitrogens with zero attached hydrogens (tertiary/aromatic N) is 2. The lowest BCUT2D eigenvalue weighted by atomic mass is 10.2. The maximum atomic E-state index is 6.09. The van der Waals surface area contributed by atoms with E-state index in [9.17, 15) is 0 Å². The van der Waals surface area contributed by atoms with E-state index in [4.69, 9.17) is 25.4 Å². The molecule has 7 heteroatoms. The zero-order chi connectivity index (χ0) is 20.9. The number of fused-ring (bicyclic) bond motifs is 1. The first-order valence-electron chi connectivity index (χ1n) is 9.65. The maximum Gasteiger partial charge on any atom is 0.163 e. The predicted molar refractivity (Wildman–Crippen MR) is 114 cm³/mol. The molecule has 0 bridgehead atoms. The second-order valence-corrected chi connectivity index (χ2v) is 6.90. The van der Waals surface area contributed by atoms with Crippen LogP contribution in [0.15, 0.2) is 42.7 Å². The molecule has 2 unspecified atom stereocenters. The summed E-state index contributed by atoms with van der Waals surface area (Å²) in [5.41, 5.74) is 2.37. The number of hydrogen-bond donors (Lipinski definition) is 1. The summed E-state index contributed by atoms with van der Waals surface area (Å²) in [6, 6.07) is 11.3. The van der Waals surface area contributed by atoms with Gasteiger partial charge in [0.2, 0.25) is 0 Å². The lowest BCUT2D eigenvalue weighted by molar-refractivity contribution is 0.128. The molecule has 0 amide bonds. The van der Waals surface area contributed by atoms with Crippen LogP contribution in [-0.2, 0) is 9.47 Å². The fourth-order valence-corrected chi connectivity index (χ4v) is 3.11. The minimum absolute atomic E-state index is 0.0168. The van der Waals surface area contributed by atoms with Crippen LogP contribution in [0.2, 0.25) is 0 Å². The van der Waals surface area contributed by atoms with Gasteiger partial charge in [-0.05, 0) is 24.3 Å². The SMILES string of the molecule is C#Cc1cccc(Nc2ncnc3cc(OC4CC4OC)c(OCCOC)cc23)c1. The Morgan fingerprint density at radius 3 is 2.77 bits per heavy atom. The number of nitrogens with one attached hydrogen (secondary N) is 1. The van der Waals surface area contributed by atoms with E-state index in [0.29, 0.717) is 30.5 Å². The van der Waals surface area contributed by atoms with E-state index in [0.717, 1.165) is 28.6 Å². The molecule has 1 heterocycles. The number of rotatable bonds is 9. The number of methoxy groups -OCH3 is 2. The fraction of sp³-hybridized carbons (Fsp3) is 0.304. The number of hydrogen-bond acceptors (Lipinski definition) is 7. The maximum absolute atomic E-state index is 6.09. The standard InChI is InChI=1S/C23H23N3O4/c1-4-15-6-5-7-16(10-15)26-23-17-11-20(29-9-8-27-2)21(12-18(17)24-14-25-23)30-22-13-19(22)28-3/h1,5-7,10-12,14,19,22H,8-9,13H2,2-3H3,(H,24,25,26). The summed E-state index contributed by atoms with van der Waals surface area (Å²) in [5, 5.41) is 4.12. The number of terminal acetylenes is 1. The van der Waals surface area contributed by atoms with Crippen LogP contribution >= 0.6 is 0 Å². The molecular formula is C23H23N3O4. The van der Waals surface area contributed by atoms with Crippen molar-refractivity contribution < 1.29 is 18.9 Å². The van der Waals surface area contributed by atoms with Gasteiger partial charge in [0, 0.05) is 43.3 Å². The van der Waals surface area contributed by atoms with Gasteiger partial charge in [-0.3, -0.25) is 0 Å². The Hall–Kier alpha value is -3.34. The van der Waals surface area contributed by atoms with Gasteiger partial charge < -0.3 is 24.3 Å². The summed E-state index contributed by atoms with van der Waals surface area (Å²) in [5.74, 6) is 4.52. The molecular weight excluding hydrogens is 382 g/mol. The van der Waals surface area contributed by atoms with E-state index in [-0.39, 0.29) is 12.2 Å². The number of ether oxygens (including phenoxy) is 4. The summed E-state index contributed by atoms with van der Waals surface area (Å²) >= 11 is 0. The van der Waals surface area contributed by atoms with Gasteiger partial charge in [0.15, 0.2) is 11.5 Å². The van der Waals surface area contributed by atoms with Crippen LogP contribution in [0.4, 0.5) is 11.5 Å². The molecule has 2 aromatic carbocycles. The molecule has 1 aromatic heterocycles. The van der Waals surface area contributed by atoms with Crippen LogP contribution < -0.4 is 14.8 Å². The molecule has 1 aliphatic rings. The smallest absolute Gasteiger partial charge is 0.163 e. The zero-order valence-electron chi connectivity index (χ0n) is 16.9. The van der Waals surface area contributed by atoms with Crippen molar-refractivity contribution in [1.29, 1.82) is 0 Å². The lowest BCUT2D eigenvalue weighted by Gasteiger charge is -2.15. The zero-order valence-corrected chi connectivity index (χ0v) is 16.9. The summed E-state index contributed by atoms with van der Waals surface area (Å²) in [7, 11) is 3.32. The first-order chi connectivity index (χ1) is 14.7. The summed E-state index contributed by atoms with van der Waals surface area (Å²) in [4.78, 5) is 8.82. The Morgan fingerprint density at radius 2 is 2.00 bits per heavy atom. The van der Waals surface area contributed by atoms with Crippen molar-refractivity contribution in [1.82, 2.24) is 9.97 Å². The molecule has 1 aliphatic carbocycles. The Kier molecular flexibility index (Phi) is 5.98. The molecule has 0 saturated heterocycles. The predicted octanol–water partition coefficient (Wildman–Crippen LogP) is 3.55. The van der Waals surface area contributed by atoms with Gasteiger partial charge in [-0.2, -0.15) is 0 Å². The average Bonchev–Trinajstić information content (AvgIpc) is 3.53. The van der Waals surface area contributed by atoms with Gasteiger partial charge >= 0.3 is 0 Å². The molecule has 4 rings (SSSR count). The minimum Gasteiger partial charge on any atom is -0.487 e. The van der Waals surface area contributed by atoms with Crippen LogP contribution in [-0.4, -0.2) is 49.6 Å². The van der Waals surface area contributed by atoms with Gasteiger partial charge in [0.25, 0.3) is 0 Å². The second kappa shape index (κ2) is 8.99. The number of benzene rings is 2. The monoisotopic (exact) mass is 405 g/mol. The molecule has 0 aliphatic heterocycles. The Balaban J connectivity index is 1.68. The van der Waals surface area contributed by atoms with E-state index in [1.807, 2.05) is 36.4 Å². The van der Waals surface area contributed by atoms with Gasteiger partial charge in [0.1, 0.15) is 24.9 Å². The Bertz CT molecular complexity index is 1080. The van der Waals surface area contributed by atoms with Crippen LogP contribution in [0, 0.1) is 12.3 Å². The number of anilines is 2. The minimum atomic E-state index is 0.0168. The highest BCUT2D eigenvalue weighted by Gasteiger charge is 2.40. The molecule has 1 fully saturated rings. The third-order valence-corrected chi connectivity index (χ3v) is 4.80. The molecule has 0 radical (unpaired) electrons. The molecule has 2 atom stereocenters. The van der Waals surface area contributed by atoms with Crippen LogP contribution in [0.25, 0.3) is 10.9 Å². The summed E-state index contributed by atoms with van der Waals surface area (Å²) in [6.07, 6.45) is 8.00. The van der Waals surface area contributed by atoms with E-state index < -0.39 is 0 Å². The van der Waals surface area contributed by atoms with Crippen LogP contribution in [0.1, 0.15) is 12.0 Å². The molecule has 1 N–H and O–H groups in total. The second-order valence-electron chi connectivity index (χ2n) is 6.90. The fourth-order valence-electron chi connectivity index (χ4n) is 3.11. The van der Waals surface area contributed by atoms with Crippen molar-refractivity contribution in [2.45, 2.75) is 18.6 Å². The normalized spacial score (nSPS) is 17.4. The Morgan fingerprint density at radius 1 is 1.10 bits per heavy atom. The van der Waals surface area contributed by atoms with Crippen molar-refractivity contribution >= 4 is 22.4 Å². The quantitative estimate of drug-likeness (QED) is 0.431. The highest BCUT2D eigenvalue weighted by molar-refractivity contribution is 5.93. The first kappa shape index (κ1) is 20.0. The van der Waals surface area contributed by atoms with Crippen molar-refractivity contribution in [2.75, 3.05) is 32.8 Å². The van der Waals surface area contributed by atoms with E-state index >= 15 is 0 Å². The van der Waals surface area contributed by atoms with Gasteiger partial charge in [-0.25, -0.2) is 9.97 Å². The number of aromatic nitrogens is 2. The van der Waals surface area contributed by atoms with E-state index in [2.05, 4.69) is 21.2 Å². The van der Waals surface area contributed by atoms with E-state index in [1.165, 1.54) is 6.33 Å². The molecule has 7 nitrogen and oxygen atoms in total. The van der Waals surface area contributed by atoms with Crippen molar-refractivity contribution in [2.24, 2.45) is 0 Å². The molecule has 3 aromatic rings. The molecule has 154 valence electrons. The topological polar surface area (TPSA) is 74.7 Å². The summed E-state index contributed by atoms with van der Waals surface area (Å²) in [6.45, 7) is 0.869.